The van der Waals surface area contributed by atoms with Gasteiger partial charge >= 0.3 is 0 Å². The molecule has 0 fully saturated rings. The van der Waals surface area contributed by atoms with Gasteiger partial charge in [0.05, 0.1) is 5.25 Å². The molecule has 0 radical (unpaired) electrons. The molecule has 0 spiro atoms. The molecular weight excluding hydrogens is 212 g/mol. The zero-order chi connectivity index (χ0) is 12.4. The molecule has 0 bridgehead atoms. The van der Waals surface area contributed by atoms with Crippen LogP contribution in [0.5, 0.6) is 0 Å². The fourth-order valence-corrected chi connectivity index (χ4v) is 1.76. The Morgan fingerprint density at radius 1 is 1.06 bits per heavy atom. The van der Waals surface area contributed by atoms with Crippen molar-refractivity contribution >= 4 is 11.8 Å². The van der Waals surface area contributed by atoms with E-state index >= 15 is 0 Å². The third-order valence-corrected chi connectivity index (χ3v) is 4.03. The van der Waals surface area contributed by atoms with Crippen molar-refractivity contribution in [2.45, 2.75) is 65.0 Å². The van der Waals surface area contributed by atoms with E-state index in [9.17, 15) is 0 Å². The van der Waals surface area contributed by atoms with E-state index in [1.165, 1.54) is 25.7 Å². The van der Waals surface area contributed by atoms with Crippen LogP contribution in [0.25, 0.3) is 0 Å². The van der Waals surface area contributed by atoms with Gasteiger partial charge in [-0.1, -0.05) is 46.0 Å². The maximum Gasteiger partial charge on any atom is 0.0626 e. The summed E-state index contributed by atoms with van der Waals surface area (Å²) >= 11 is 1.83. The predicted molar refractivity (Wildman–Crippen MR) is 77.8 cm³/mol. The van der Waals surface area contributed by atoms with Gasteiger partial charge in [0.1, 0.15) is 0 Å². The minimum Gasteiger partial charge on any atom is -0.149 e. The molecule has 0 nitrogen and oxygen atoms in total. The van der Waals surface area contributed by atoms with Crippen LogP contribution in [0.1, 0.15) is 59.8 Å². The van der Waals surface area contributed by atoms with Crippen molar-refractivity contribution in [3.05, 3.63) is 0 Å². The first kappa shape index (κ1) is 15.9. The lowest BCUT2D eigenvalue weighted by atomic mass is 9.95. The summed E-state index contributed by atoms with van der Waals surface area (Å²) in [6.07, 6.45) is 8.61. The monoisotopic (exact) mass is 240 g/mol. The Bertz CT molecular complexity index is 211. The van der Waals surface area contributed by atoms with E-state index in [0.717, 1.165) is 18.3 Å². The number of thioether (sulfide) groups is 1. The molecule has 0 saturated carbocycles. The summed E-state index contributed by atoms with van der Waals surface area (Å²) in [7, 11) is 0. The molecule has 0 aliphatic rings. The Labute approximate surface area is 107 Å². The van der Waals surface area contributed by atoms with E-state index in [1.807, 2.05) is 11.8 Å². The maximum atomic E-state index is 3.32. The minimum atomic E-state index is 0.493. The van der Waals surface area contributed by atoms with Crippen molar-refractivity contribution < 1.29 is 0 Å². The summed E-state index contributed by atoms with van der Waals surface area (Å²) in [6, 6.07) is 0. The molecule has 94 valence electrons. The Morgan fingerprint density at radius 2 is 1.69 bits per heavy atom. The smallest absolute Gasteiger partial charge is 0.0626 e. The number of rotatable bonds is 7. The van der Waals surface area contributed by atoms with Crippen LogP contribution >= 0.6 is 11.8 Å². The Kier molecular flexibility index (Phi) is 10.0. The Morgan fingerprint density at radius 3 is 2.25 bits per heavy atom. The van der Waals surface area contributed by atoms with E-state index in [0.29, 0.717) is 5.25 Å². The first-order chi connectivity index (χ1) is 7.60. The molecule has 3 unspecified atom stereocenters. The Hall–Kier alpha value is -0.0900. The summed E-state index contributed by atoms with van der Waals surface area (Å²) in [6.45, 7) is 9.13. The van der Waals surface area contributed by atoms with Crippen molar-refractivity contribution in [2.75, 3.05) is 6.26 Å². The molecule has 3 atom stereocenters. The molecule has 0 aromatic heterocycles. The third-order valence-electron chi connectivity index (χ3n) is 3.20. The van der Waals surface area contributed by atoms with Gasteiger partial charge in [0.25, 0.3) is 0 Å². The van der Waals surface area contributed by atoms with Crippen molar-refractivity contribution in [3.63, 3.8) is 0 Å². The van der Waals surface area contributed by atoms with Crippen LogP contribution in [0.3, 0.4) is 0 Å². The van der Waals surface area contributed by atoms with Crippen LogP contribution < -0.4 is 0 Å². The van der Waals surface area contributed by atoms with Gasteiger partial charge in [-0.05, 0) is 31.4 Å². The standard InChI is InChI=1S/C15H28S/c1-6-13(2)9-7-10-14(3)11-8-12-15(4)16-5/h13-15H,6-7,9-11H2,1-5H3. The van der Waals surface area contributed by atoms with E-state index in [2.05, 4.69) is 45.8 Å². The summed E-state index contributed by atoms with van der Waals surface area (Å²) in [5.41, 5.74) is 0. The molecule has 0 aromatic rings. The lowest BCUT2D eigenvalue weighted by Gasteiger charge is -2.10. The van der Waals surface area contributed by atoms with Crippen LogP contribution in [0.15, 0.2) is 0 Å². The molecule has 0 heterocycles. The Balaban J connectivity index is 3.57. The van der Waals surface area contributed by atoms with E-state index in [1.54, 1.807) is 0 Å². The highest BCUT2D eigenvalue weighted by atomic mass is 32.2. The van der Waals surface area contributed by atoms with Crippen LogP contribution in [-0.4, -0.2) is 11.5 Å². The topological polar surface area (TPSA) is 0 Å². The van der Waals surface area contributed by atoms with Crippen LogP contribution in [0.2, 0.25) is 0 Å². The SMILES string of the molecule is CCC(C)CCCC(C)CC#CC(C)SC. The van der Waals surface area contributed by atoms with Crippen molar-refractivity contribution in [3.8, 4) is 11.8 Å². The maximum absolute atomic E-state index is 3.32. The molecule has 0 rings (SSSR count). The van der Waals surface area contributed by atoms with Gasteiger partial charge in [-0.25, -0.2) is 0 Å². The highest BCUT2D eigenvalue weighted by molar-refractivity contribution is 7.99. The van der Waals surface area contributed by atoms with Crippen LogP contribution in [-0.2, 0) is 0 Å². The van der Waals surface area contributed by atoms with Gasteiger partial charge in [-0.2, -0.15) is 0 Å². The zero-order valence-electron chi connectivity index (χ0n) is 11.7. The second-order valence-corrected chi connectivity index (χ2v) is 6.13. The fraction of sp³-hybridized carbons (Fsp3) is 0.867. The van der Waals surface area contributed by atoms with E-state index in [4.69, 9.17) is 0 Å². The molecule has 0 aromatic carbocycles. The molecule has 1 heteroatoms. The lowest BCUT2D eigenvalue weighted by Crippen LogP contribution is -1.97. The average Bonchev–Trinajstić information content (AvgIpc) is 2.28. The van der Waals surface area contributed by atoms with Gasteiger partial charge in [0.2, 0.25) is 0 Å². The second-order valence-electron chi connectivity index (χ2n) is 4.95. The average molecular weight is 240 g/mol. The fourth-order valence-electron chi connectivity index (χ4n) is 1.56. The molecule has 0 saturated heterocycles. The minimum absolute atomic E-state index is 0.493. The zero-order valence-corrected chi connectivity index (χ0v) is 12.5. The first-order valence-corrected chi connectivity index (χ1v) is 7.90. The van der Waals surface area contributed by atoms with Crippen molar-refractivity contribution in [1.82, 2.24) is 0 Å². The number of hydrogen-bond acceptors (Lipinski definition) is 1. The van der Waals surface area contributed by atoms with E-state index < -0.39 is 0 Å². The lowest BCUT2D eigenvalue weighted by molar-refractivity contribution is 0.438. The largest absolute Gasteiger partial charge is 0.149 e. The van der Waals surface area contributed by atoms with Gasteiger partial charge < -0.3 is 0 Å². The molecule has 0 N–H and O–H groups in total. The van der Waals surface area contributed by atoms with Crippen molar-refractivity contribution in [2.24, 2.45) is 11.8 Å². The molecule has 0 aliphatic carbocycles. The highest BCUT2D eigenvalue weighted by Crippen LogP contribution is 2.16. The van der Waals surface area contributed by atoms with Gasteiger partial charge in [-0.15, -0.1) is 17.7 Å². The van der Waals surface area contributed by atoms with Crippen LogP contribution in [0, 0.1) is 23.7 Å². The summed E-state index contributed by atoms with van der Waals surface area (Å²) in [4.78, 5) is 0. The van der Waals surface area contributed by atoms with Gasteiger partial charge in [0.15, 0.2) is 0 Å². The van der Waals surface area contributed by atoms with Gasteiger partial charge in [-0.3, -0.25) is 0 Å². The summed E-state index contributed by atoms with van der Waals surface area (Å²) in [5, 5.41) is 0.493. The summed E-state index contributed by atoms with van der Waals surface area (Å²) in [5.74, 6) is 8.27. The van der Waals surface area contributed by atoms with Gasteiger partial charge in [0, 0.05) is 6.42 Å². The van der Waals surface area contributed by atoms with Crippen molar-refractivity contribution in [1.29, 1.82) is 0 Å². The van der Waals surface area contributed by atoms with E-state index in [-0.39, 0.29) is 0 Å². The molecular formula is C15H28S. The first-order valence-electron chi connectivity index (χ1n) is 6.61. The summed E-state index contributed by atoms with van der Waals surface area (Å²) < 4.78 is 0. The normalized spacial score (nSPS) is 16.1. The molecule has 16 heavy (non-hydrogen) atoms. The highest BCUT2D eigenvalue weighted by Gasteiger charge is 2.03. The third kappa shape index (κ3) is 9.16. The predicted octanol–water partition coefficient (Wildman–Crippen LogP) is 4.98. The quantitative estimate of drug-likeness (QED) is 0.565. The second kappa shape index (κ2) is 10.1. The van der Waals surface area contributed by atoms with Crippen LogP contribution in [0.4, 0.5) is 0 Å². The molecule has 0 aliphatic heterocycles. The number of hydrogen-bond donors (Lipinski definition) is 0. The molecule has 0 amide bonds.